The monoisotopic (exact) mass is 212 g/mol. The van der Waals surface area contributed by atoms with E-state index in [2.05, 4.69) is 26.5 Å². The minimum Gasteiger partial charge on any atom is -0.347 e. The summed E-state index contributed by atoms with van der Waals surface area (Å²) in [6, 6.07) is 0. The molecular formula is C9H16N4S. The number of anilines is 1. The maximum Gasteiger partial charge on any atom is 0.204 e. The molecule has 1 aliphatic heterocycles. The van der Waals surface area contributed by atoms with Gasteiger partial charge in [0, 0.05) is 30.2 Å². The number of nitrogens with one attached hydrogen (secondary N) is 1. The summed E-state index contributed by atoms with van der Waals surface area (Å²) in [5, 5.41) is 4.45. The maximum atomic E-state index is 4.23. The van der Waals surface area contributed by atoms with Crippen LogP contribution in [0.4, 0.5) is 5.13 Å². The topological polar surface area (TPSA) is 41.0 Å². The Balaban J connectivity index is 1.97. The van der Waals surface area contributed by atoms with Gasteiger partial charge in [-0.25, -0.2) is 4.98 Å². The second-order valence-corrected chi connectivity index (χ2v) is 4.78. The van der Waals surface area contributed by atoms with Gasteiger partial charge in [0.05, 0.1) is 0 Å². The average molecular weight is 212 g/mol. The van der Waals surface area contributed by atoms with Crippen molar-refractivity contribution in [2.45, 2.75) is 25.3 Å². The third kappa shape index (κ3) is 1.88. The molecule has 1 aromatic rings. The predicted octanol–water partition coefficient (Wildman–Crippen LogP) is 1.12. The lowest BCUT2D eigenvalue weighted by Crippen LogP contribution is -2.50. The second-order valence-electron chi connectivity index (χ2n) is 4.02. The van der Waals surface area contributed by atoms with Crippen molar-refractivity contribution < 1.29 is 0 Å². The molecule has 0 atom stereocenters. The number of rotatable bonds is 2. The van der Waals surface area contributed by atoms with Crippen molar-refractivity contribution in [3.63, 3.8) is 0 Å². The number of hydrogen-bond acceptors (Lipinski definition) is 5. The minimum atomic E-state index is 0.307. The molecule has 78 valence electrons. The van der Waals surface area contributed by atoms with Gasteiger partial charge in [0.15, 0.2) is 0 Å². The first-order valence-corrected chi connectivity index (χ1v) is 5.71. The largest absolute Gasteiger partial charge is 0.347 e. The molecule has 0 unspecified atom stereocenters. The third-order valence-electron chi connectivity index (χ3n) is 3.09. The van der Waals surface area contributed by atoms with E-state index in [0.29, 0.717) is 5.54 Å². The second kappa shape index (κ2) is 3.82. The molecule has 2 heterocycles. The molecule has 4 nitrogen and oxygen atoms in total. The Kier molecular flexibility index (Phi) is 2.69. The Morgan fingerprint density at radius 2 is 2.21 bits per heavy atom. The van der Waals surface area contributed by atoms with E-state index in [-0.39, 0.29) is 0 Å². The van der Waals surface area contributed by atoms with Gasteiger partial charge in [-0.05, 0) is 26.8 Å². The van der Waals surface area contributed by atoms with Crippen LogP contribution in [-0.4, -0.2) is 35.0 Å². The fourth-order valence-electron chi connectivity index (χ4n) is 1.75. The van der Waals surface area contributed by atoms with Crippen molar-refractivity contribution in [1.82, 2.24) is 14.7 Å². The molecule has 1 aliphatic rings. The van der Waals surface area contributed by atoms with Crippen molar-refractivity contribution in [3.05, 3.63) is 6.33 Å². The van der Waals surface area contributed by atoms with Crippen LogP contribution in [0.25, 0.3) is 0 Å². The van der Waals surface area contributed by atoms with Gasteiger partial charge in [-0.15, -0.1) is 0 Å². The summed E-state index contributed by atoms with van der Waals surface area (Å²) < 4.78 is 4.03. The molecule has 1 saturated heterocycles. The summed E-state index contributed by atoms with van der Waals surface area (Å²) in [5.74, 6) is 0. The number of piperidine rings is 1. The zero-order valence-corrected chi connectivity index (χ0v) is 9.47. The van der Waals surface area contributed by atoms with Crippen LogP contribution in [0.1, 0.15) is 19.8 Å². The van der Waals surface area contributed by atoms with Gasteiger partial charge in [0.25, 0.3) is 0 Å². The van der Waals surface area contributed by atoms with E-state index in [1.807, 2.05) is 7.05 Å². The van der Waals surface area contributed by atoms with Gasteiger partial charge in [0.1, 0.15) is 6.33 Å². The maximum absolute atomic E-state index is 4.23. The van der Waals surface area contributed by atoms with Crippen LogP contribution in [0, 0.1) is 0 Å². The Bertz CT molecular complexity index is 277. The molecule has 0 bridgehead atoms. The van der Waals surface area contributed by atoms with Crippen molar-refractivity contribution >= 4 is 16.7 Å². The fraction of sp³-hybridized carbons (Fsp3) is 0.778. The lowest BCUT2D eigenvalue weighted by atomic mass is 9.90. The van der Waals surface area contributed by atoms with Gasteiger partial charge >= 0.3 is 0 Å². The molecule has 14 heavy (non-hydrogen) atoms. The van der Waals surface area contributed by atoms with Crippen molar-refractivity contribution in [2.75, 3.05) is 25.0 Å². The summed E-state index contributed by atoms with van der Waals surface area (Å²) in [7, 11) is 2.04. The zero-order valence-electron chi connectivity index (χ0n) is 8.66. The Labute approximate surface area is 88.5 Å². The first-order valence-electron chi connectivity index (χ1n) is 4.94. The van der Waals surface area contributed by atoms with Gasteiger partial charge in [-0.2, -0.15) is 4.37 Å². The number of aromatic nitrogens is 2. The summed E-state index contributed by atoms with van der Waals surface area (Å²) in [6.07, 6.45) is 3.97. The highest BCUT2D eigenvalue weighted by atomic mass is 32.1. The lowest BCUT2D eigenvalue weighted by Gasteiger charge is -2.39. The van der Waals surface area contributed by atoms with Crippen molar-refractivity contribution in [1.29, 1.82) is 0 Å². The van der Waals surface area contributed by atoms with Crippen LogP contribution in [0.5, 0.6) is 0 Å². The highest BCUT2D eigenvalue weighted by Gasteiger charge is 2.29. The van der Waals surface area contributed by atoms with Crippen LogP contribution in [0.15, 0.2) is 6.33 Å². The molecule has 0 saturated carbocycles. The predicted molar refractivity (Wildman–Crippen MR) is 58.8 cm³/mol. The smallest absolute Gasteiger partial charge is 0.204 e. The summed E-state index contributed by atoms with van der Waals surface area (Å²) in [4.78, 5) is 6.54. The molecular weight excluding hydrogens is 196 g/mol. The van der Waals surface area contributed by atoms with E-state index in [0.717, 1.165) is 18.2 Å². The standard InChI is InChI=1S/C9H16N4S/c1-9(10-2)3-5-13(6-4-9)8-11-7-12-14-8/h7,10H,3-6H2,1-2H3. The molecule has 2 rings (SSSR count). The Morgan fingerprint density at radius 1 is 1.50 bits per heavy atom. The van der Waals surface area contributed by atoms with Crippen LogP contribution < -0.4 is 10.2 Å². The first kappa shape index (κ1) is 9.86. The first-order chi connectivity index (χ1) is 6.73. The fourth-order valence-corrected chi connectivity index (χ4v) is 2.33. The molecule has 0 amide bonds. The summed E-state index contributed by atoms with van der Waals surface area (Å²) in [5.41, 5.74) is 0.307. The number of hydrogen-bond donors (Lipinski definition) is 1. The van der Waals surface area contributed by atoms with Crippen LogP contribution in [0.2, 0.25) is 0 Å². The molecule has 5 heteroatoms. The molecule has 1 aromatic heterocycles. The highest BCUT2D eigenvalue weighted by Crippen LogP contribution is 2.25. The van der Waals surface area contributed by atoms with Crippen LogP contribution in [-0.2, 0) is 0 Å². The SMILES string of the molecule is CNC1(C)CCN(c2ncns2)CC1. The van der Waals surface area contributed by atoms with Crippen LogP contribution >= 0.6 is 11.5 Å². The molecule has 0 aromatic carbocycles. The highest BCUT2D eigenvalue weighted by molar-refractivity contribution is 7.09. The van der Waals surface area contributed by atoms with E-state index in [9.17, 15) is 0 Å². The van der Waals surface area contributed by atoms with Gasteiger partial charge in [-0.3, -0.25) is 0 Å². The van der Waals surface area contributed by atoms with Crippen LogP contribution in [0.3, 0.4) is 0 Å². The molecule has 1 N–H and O–H groups in total. The molecule has 1 fully saturated rings. The normalized spacial score (nSPS) is 21.1. The van der Waals surface area contributed by atoms with Gasteiger partial charge in [0.2, 0.25) is 5.13 Å². The summed E-state index contributed by atoms with van der Waals surface area (Å²) >= 11 is 1.48. The van der Waals surface area contributed by atoms with E-state index in [1.54, 1.807) is 6.33 Å². The average Bonchev–Trinajstić information content (AvgIpc) is 2.72. The van der Waals surface area contributed by atoms with E-state index < -0.39 is 0 Å². The van der Waals surface area contributed by atoms with E-state index in [1.165, 1.54) is 24.4 Å². The van der Waals surface area contributed by atoms with Gasteiger partial charge in [-0.1, -0.05) is 0 Å². The van der Waals surface area contributed by atoms with Crippen molar-refractivity contribution in [3.8, 4) is 0 Å². The van der Waals surface area contributed by atoms with E-state index in [4.69, 9.17) is 0 Å². The van der Waals surface area contributed by atoms with Crippen molar-refractivity contribution in [2.24, 2.45) is 0 Å². The molecule has 0 aliphatic carbocycles. The Morgan fingerprint density at radius 3 is 2.71 bits per heavy atom. The summed E-state index contributed by atoms with van der Waals surface area (Å²) in [6.45, 7) is 4.43. The zero-order chi connectivity index (χ0) is 10.0. The van der Waals surface area contributed by atoms with E-state index >= 15 is 0 Å². The molecule has 0 spiro atoms. The molecule has 0 radical (unpaired) electrons. The minimum absolute atomic E-state index is 0.307. The third-order valence-corrected chi connectivity index (χ3v) is 3.82. The Hall–Kier alpha value is -0.680. The van der Waals surface area contributed by atoms with Gasteiger partial charge < -0.3 is 10.2 Å². The number of nitrogens with zero attached hydrogens (tertiary/aromatic N) is 3. The lowest BCUT2D eigenvalue weighted by molar-refractivity contribution is 0.305. The quantitative estimate of drug-likeness (QED) is 0.797.